The molecule has 4 nitrogen and oxygen atoms in total. The van der Waals surface area contributed by atoms with E-state index in [-0.39, 0.29) is 5.78 Å². The van der Waals surface area contributed by atoms with E-state index in [1.807, 2.05) is 6.07 Å². The third kappa shape index (κ3) is 2.43. The molecule has 1 heterocycles. The molecule has 0 aliphatic rings. The summed E-state index contributed by atoms with van der Waals surface area (Å²) in [5.74, 6) is -0.0405. The summed E-state index contributed by atoms with van der Waals surface area (Å²) in [4.78, 5) is 16.1. The average molecular weight is 254 g/mol. The Morgan fingerprint density at radius 3 is 2.88 bits per heavy atom. The molecule has 0 atom stereocenters. The molecule has 6 heteroatoms. The smallest absolute Gasteiger partial charge is 0.188 e. The highest BCUT2D eigenvalue weighted by molar-refractivity contribution is 7.99. The van der Waals surface area contributed by atoms with Gasteiger partial charge in [-0.25, -0.2) is 4.98 Å². The van der Waals surface area contributed by atoms with Crippen LogP contribution >= 0.6 is 23.4 Å². The summed E-state index contributed by atoms with van der Waals surface area (Å²) in [6.07, 6.45) is 1.44. The number of ketones is 1. The van der Waals surface area contributed by atoms with Gasteiger partial charge in [-0.2, -0.15) is 5.10 Å². The Hall–Kier alpha value is -1.33. The second-order valence-corrected chi connectivity index (χ2v) is 4.56. The molecule has 0 radical (unpaired) electrons. The summed E-state index contributed by atoms with van der Waals surface area (Å²) in [5.41, 5.74) is 0.531. The molecule has 16 heavy (non-hydrogen) atoms. The SMILES string of the molecule is CC(=O)c1ccc(Sc2ncn[nH]2)cc1Cl. The van der Waals surface area contributed by atoms with Gasteiger partial charge in [0.15, 0.2) is 10.9 Å². The van der Waals surface area contributed by atoms with Gasteiger partial charge >= 0.3 is 0 Å². The van der Waals surface area contributed by atoms with Crippen molar-refractivity contribution in [2.24, 2.45) is 0 Å². The minimum atomic E-state index is -0.0405. The Kier molecular flexibility index (Phi) is 3.26. The fraction of sp³-hybridized carbons (Fsp3) is 0.100. The van der Waals surface area contributed by atoms with Gasteiger partial charge in [0.05, 0.1) is 5.02 Å². The molecule has 1 aromatic heterocycles. The fourth-order valence-electron chi connectivity index (χ4n) is 1.20. The standard InChI is InChI=1S/C10H8ClN3OS/c1-6(15)8-3-2-7(4-9(8)11)16-10-12-5-13-14-10/h2-5H,1H3,(H,12,13,14). The summed E-state index contributed by atoms with van der Waals surface area (Å²) in [7, 11) is 0. The Labute approximate surface area is 101 Å². The fourth-order valence-corrected chi connectivity index (χ4v) is 2.31. The molecule has 82 valence electrons. The van der Waals surface area contributed by atoms with Crippen molar-refractivity contribution in [3.05, 3.63) is 35.1 Å². The molecule has 0 amide bonds. The molecule has 0 saturated carbocycles. The van der Waals surface area contributed by atoms with Crippen LogP contribution in [0.2, 0.25) is 5.02 Å². The lowest BCUT2D eigenvalue weighted by atomic mass is 10.1. The van der Waals surface area contributed by atoms with E-state index in [1.54, 1.807) is 12.1 Å². The van der Waals surface area contributed by atoms with Crippen molar-refractivity contribution in [2.75, 3.05) is 0 Å². The van der Waals surface area contributed by atoms with Crippen molar-refractivity contribution in [2.45, 2.75) is 17.0 Å². The largest absolute Gasteiger partial charge is 0.294 e. The van der Waals surface area contributed by atoms with E-state index in [0.29, 0.717) is 15.7 Å². The third-order valence-corrected chi connectivity index (χ3v) is 3.12. The maximum atomic E-state index is 11.2. The summed E-state index contributed by atoms with van der Waals surface area (Å²) in [6.45, 7) is 1.49. The first kappa shape index (κ1) is 11.2. The monoisotopic (exact) mass is 253 g/mol. The van der Waals surface area contributed by atoms with Crippen LogP contribution in [0.15, 0.2) is 34.6 Å². The molecule has 0 fully saturated rings. The number of aromatic amines is 1. The number of rotatable bonds is 3. The number of hydrogen-bond donors (Lipinski definition) is 1. The van der Waals surface area contributed by atoms with Crippen LogP contribution in [0.4, 0.5) is 0 Å². The summed E-state index contributed by atoms with van der Waals surface area (Å²) < 4.78 is 0. The van der Waals surface area contributed by atoms with E-state index in [1.165, 1.54) is 25.0 Å². The van der Waals surface area contributed by atoms with Gasteiger partial charge in [0.25, 0.3) is 0 Å². The number of nitrogens with zero attached hydrogens (tertiary/aromatic N) is 2. The minimum absolute atomic E-state index is 0.0405. The van der Waals surface area contributed by atoms with Crippen LogP contribution in [0.5, 0.6) is 0 Å². The maximum Gasteiger partial charge on any atom is 0.188 e. The van der Waals surface area contributed by atoms with E-state index in [9.17, 15) is 4.79 Å². The Morgan fingerprint density at radius 1 is 1.50 bits per heavy atom. The van der Waals surface area contributed by atoms with Crippen LogP contribution in [0.3, 0.4) is 0 Å². The van der Waals surface area contributed by atoms with Crippen molar-refractivity contribution in [3.63, 3.8) is 0 Å². The summed E-state index contributed by atoms with van der Waals surface area (Å²) in [5, 5.41) is 7.62. The summed E-state index contributed by atoms with van der Waals surface area (Å²) in [6, 6.07) is 5.28. The first-order chi connectivity index (χ1) is 7.66. The molecule has 1 N–H and O–H groups in total. The van der Waals surface area contributed by atoms with Crippen LogP contribution in [0.1, 0.15) is 17.3 Å². The number of halogens is 1. The lowest BCUT2D eigenvalue weighted by molar-refractivity contribution is 0.101. The number of aromatic nitrogens is 3. The third-order valence-electron chi connectivity index (χ3n) is 1.93. The highest BCUT2D eigenvalue weighted by Crippen LogP contribution is 2.28. The number of carbonyl (C=O) groups excluding carboxylic acids is 1. The van der Waals surface area contributed by atoms with Gasteiger partial charge in [-0.05, 0) is 25.1 Å². The normalized spacial score (nSPS) is 10.4. The molecular weight excluding hydrogens is 246 g/mol. The van der Waals surface area contributed by atoms with Gasteiger partial charge in [0, 0.05) is 10.5 Å². The molecule has 0 bridgehead atoms. The van der Waals surface area contributed by atoms with E-state index in [4.69, 9.17) is 11.6 Å². The van der Waals surface area contributed by atoms with Crippen LogP contribution in [0.25, 0.3) is 0 Å². The molecule has 0 aliphatic heterocycles. The number of Topliss-reactive ketones (excluding diaryl/α,β-unsaturated/α-hetero) is 1. The van der Waals surface area contributed by atoms with Crippen LogP contribution in [-0.2, 0) is 0 Å². The zero-order valence-corrected chi connectivity index (χ0v) is 9.97. The van der Waals surface area contributed by atoms with Crippen molar-refractivity contribution in [1.82, 2.24) is 15.2 Å². The Balaban J connectivity index is 2.24. The van der Waals surface area contributed by atoms with Crippen molar-refractivity contribution >= 4 is 29.1 Å². The maximum absolute atomic E-state index is 11.2. The van der Waals surface area contributed by atoms with Gasteiger partial charge in [0.1, 0.15) is 6.33 Å². The first-order valence-electron chi connectivity index (χ1n) is 4.50. The summed E-state index contributed by atoms with van der Waals surface area (Å²) >= 11 is 7.39. The highest BCUT2D eigenvalue weighted by atomic mass is 35.5. The van der Waals surface area contributed by atoms with Gasteiger partial charge < -0.3 is 0 Å². The molecule has 1 aromatic carbocycles. The molecule has 0 spiro atoms. The molecule has 2 rings (SSSR count). The zero-order valence-electron chi connectivity index (χ0n) is 8.40. The van der Waals surface area contributed by atoms with Gasteiger partial charge in [-0.3, -0.25) is 9.89 Å². The van der Waals surface area contributed by atoms with Gasteiger partial charge in [0.2, 0.25) is 0 Å². The van der Waals surface area contributed by atoms with Crippen LogP contribution < -0.4 is 0 Å². The number of benzene rings is 1. The molecule has 0 aliphatic carbocycles. The Bertz CT molecular complexity index is 513. The van der Waals surface area contributed by atoms with Crippen LogP contribution in [-0.4, -0.2) is 21.0 Å². The number of nitrogens with one attached hydrogen (secondary N) is 1. The van der Waals surface area contributed by atoms with Crippen molar-refractivity contribution in [3.8, 4) is 0 Å². The zero-order chi connectivity index (χ0) is 11.5. The van der Waals surface area contributed by atoms with E-state index < -0.39 is 0 Å². The lowest BCUT2D eigenvalue weighted by Crippen LogP contribution is -1.92. The van der Waals surface area contributed by atoms with Crippen LogP contribution in [0, 0.1) is 0 Å². The predicted octanol–water partition coefficient (Wildman–Crippen LogP) is 2.81. The molecule has 2 aromatic rings. The average Bonchev–Trinajstić information content (AvgIpc) is 2.70. The molecular formula is C10H8ClN3OS. The number of hydrogen-bond acceptors (Lipinski definition) is 4. The lowest BCUT2D eigenvalue weighted by Gasteiger charge is -2.02. The number of H-pyrrole nitrogens is 1. The Morgan fingerprint density at radius 2 is 2.31 bits per heavy atom. The topological polar surface area (TPSA) is 58.6 Å². The first-order valence-corrected chi connectivity index (χ1v) is 5.70. The van der Waals surface area contributed by atoms with Crippen molar-refractivity contribution < 1.29 is 4.79 Å². The van der Waals surface area contributed by atoms with Gasteiger partial charge in [-0.1, -0.05) is 23.4 Å². The van der Waals surface area contributed by atoms with Crippen molar-refractivity contribution in [1.29, 1.82) is 0 Å². The number of carbonyl (C=O) groups is 1. The van der Waals surface area contributed by atoms with E-state index >= 15 is 0 Å². The second-order valence-electron chi connectivity index (χ2n) is 3.09. The van der Waals surface area contributed by atoms with E-state index in [0.717, 1.165) is 4.90 Å². The molecule has 0 saturated heterocycles. The van der Waals surface area contributed by atoms with Gasteiger partial charge in [-0.15, -0.1) is 0 Å². The second kappa shape index (κ2) is 4.67. The molecule has 0 unspecified atom stereocenters. The minimum Gasteiger partial charge on any atom is -0.294 e. The van der Waals surface area contributed by atoms with E-state index in [2.05, 4.69) is 15.2 Å². The predicted molar refractivity (Wildman–Crippen MR) is 62.0 cm³/mol. The highest BCUT2D eigenvalue weighted by Gasteiger charge is 2.07. The quantitative estimate of drug-likeness (QED) is 0.855.